The number of anilines is 1. The first kappa shape index (κ1) is 23.6. The Labute approximate surface area is 190 Å². The maximum Gasteiger partial charge on any atom is 0.191 e. The van der Waals surface area contributed by atoms with Gasteiger partial charge < -0.3 is 21.1 Å². The van der Waals surface area contributed by atoms with E-state index in [4.69, 9.17) is 10.5 Å². The molecular weight excluding hydrogens is 404 g/mol. The number of aliphatic imine (C=N–C) groups is 1. The van der Waals surface area contributed by atoms with Crippen LogP contribution in [0.1, 0.15) is 31.5 Å². The zero-order chi connectivity index (χ0) is 23.0. The molecule has 0 radical (unpaired) electrons. The molecule has 0 aliphatic carbocycles. The first-order chi connectivity index (χ1) is 15.5. The van der Waals surface area contributed by atoms with Crippen molar-refractivity contribution in [2.75, 3.05) is 52.2 Å². The molecule has 9 heteroatoms. The molecule has 1 fully saturated rings. The number of morpholine rings is 1. The number of aromatic nitrogens is 2. The molecule has 3 rings (SSSR count). The van der Waals surface area contributed by atoms with Crippen LogP contribution in [0, 0.1) is 11.3 Å². The number of nitriles is 1. The van der Waals surface area contributed by atoms with Crippen LogP contribution >= 0.6 is 0 Å². The molecule has 172 valence electrons. The van der Waals surface area contributed by atoms with Crippen LogP contribution in [0.3, 0.4) is 0 Å². The first-order valence-electron chi connectivity index (χ1n) is 11.1. The van der Waals surface area contributed by atoms with Gasteiger partial charge >= 0.3 is 0 Å². The third kappa shape index (κ3) is 5.78. The van der Waals surface area contributed by atoms with E-state index in [1.807, 2.05) is 30.3 Å². The van der Waals surface area contributed by atoms with Crippen LogP contribution in [0.2, 0.25) is 0 Å². The first-order valence-corrected chi connectivity index (χ1v) is 11.1. The number of para-hydroxylation sites is 1. The monoisotopic (exact) mass is 438 g/mol. The molecule has 1 aliphatic rings. The quantitative estimate of drug-likeness (QED) is 0.325. The lowest BCUT2D eigenvalue weighted by atomic mass is 10.0. The minimum atomic E-state index is 0.00486. The van der Waals surface area contributed by atoms with Crippen molar-refractivity contribution in [3.05, 3.63) is 41.6 Å². The lowest BCUT2D eigenvalue weighted by Gasteiger charge is -2.41. The normalized spacial score (nSPS) is 15.4. The second-order valence-electron chi connectivity index (χ2n) is 8.43. The van der Waals surface area contributed by atoms with E-state index < -0.39 is 0 Å². The number of ether oxygens (including phenoxy) is 1. The highest BCUT2D eigenvalue weighted by atomic mass is 16.5. The van der Waals surface area contributed by atoms with Crippen molar-refractivity contribution in [2.45, 2.75) is 32.2 Å². The Morgan fingerprint density at radius 3 is 2.62 bits per heavy atom. The summed E-state index contributed by atoms with van der Waals surface area (Å²) in [5.41, 5.74) is 8.20. The fourth-order valence-corrected chi connectivity index (χ4v) is 3.80. The number of nitrogen functional groups attached to an aromatic ring is 1. The fourth-order valence-electron chi connectivity index (χ4n) is 3.80. The van der Waals surface area contributed by atoms with E-state index in [1.165, 1.54) is 0 Å². The summed E-state index contributed by atoms with van der Waals surface area (Å²) in [6.07, 6.45) is 1.45. The average molecular weight is 439 g/mol. The maximum atomic E-state index is 9.56. The van der Waals surface area contributed by atoms with E-state index in [0.717, 1.165) is 50.9 Å². The van der Waals surface area contributed by atoms with Gasteiger partial charge in [0, 0.05) is 38.8 Å². The predicted octanol–water partition coefficient (Wildman–Crippen LogP) is 1.53. The van der Waals surface area contributed by atoms with E-state index in [0.29, 0.717) is 30.0 Å². The summed E-state index contributed by atoms with van der Waals surface area (Å²) < 4.78 is 7.10. The van der Waals surface area contributed by atoms with Crippen LogP contribution in [0.25, 0.3) is 5.69 Å². The van der Waals surface area contributed by atoms with Gasteiger partial charge in [0.25, 0.3) is 0 Å². The smallest absolute Gasteiger partial charge is 0.191 e. The zero-order valence-corrected chi connectivity index (χ0v) is 19.3. The summed E-state index contributed by atoms with van der Waals surface area (Å²) in [4.78, 5) is 6.77. The van der Waals surface area contributed by atoms with Crippen molar-refractivity contribution in [3.8, 4) is 11.8 Å². The topological polar surface area (TPSA) is 117 Å². The number of nitrogens with zero attached hydrogens (tertiary/aromatic N) is 5. The minimum Gasteiger partial charge on any atom is -0.382 e. The highest BCUT2D eigenvalue weighted by Crippen LogP contribution is 2.21. The van der Waals surface area contributed by atoms with Gasteiger partial charge in [-0.3, -0.25) is 9.89 Å². The summed E-state index contributed by atoms with van der Waals surface area (Å²) in [5.74, 6) is 1.14. The molecule has 4 N–H and O–H groups in total. The van der Waals surface area contributed by atoms with Gasteiger partial charge in [-0.05, 0) is 38.8 Å². The number of guanidine groups is 1. The molecule has 0 amide bonds. The lowest BCUT2D eigenvalue weighted by Crippen LogP contribution is -2.56. The molecule has 1 aromatic heterocycles. The largest absolute Gasteiger partial charge is 0.382 e. The molecule has 32 heavy (non-hydrogen) atoms. The van der Waals surface area contributed by atoms with E-state index >= 15 is 0 Å². The van der Waals surface area contributed by atoms with Gasteiger partial charge in [-0.2, -0.15) is 10.4 Å². The Bertz CT molecular complexity index is 939. The van der Waals surface area contributed by atoms with Gasteiger partial charge in [-0.15, -0.1) is 0 Å². The molecule has 2 aromatic rings. The van der Waals surface area contributed by atoms with Crippen molar-refractivity contribution < 1.29 is 4.74 Å². The molecule has 0 unspecified atom stereocenters. The average Bonchev–Trinajstić information content (AvgIpc) is 3.14. The standard InChI is InChI=1S/C23H34N8O/c1-23(2,30-12-14-32-15-13-30)17-28-22(26-3)27-11-7-10-20-19(16-24)21(25)31(29-20)18-8-5-4-6-9-18/h4-6,8-9H,7,10-15,17,25H2,1-3H3,(H2,26,27,28). The SMILES string of the molecule is CN=C(NCCCc1nn(-c2ccccc2)c(N)c1C#N)NCC(C)(C)N1CCOCC1. The Hall–Kier alpha value is -3.09. The molecule has 0 bridgehead atoms. The van der Waals surface area contributed by atoms with Crippen molar-refractivity contribution in [2.24, 2.45) is 4.99 Å². The molecule has 1 aliphatic heterocycles. The molecule has 0 atom stereocenters. The number of benzene rings is 1. The van der Waals surface area contributed by atoms with Crippen molar-refractivity contribution in [3.63, 3.8) is 0 Å². The number of nitrogens with two attached hydrogens (primary N) is 1. The molecule has 2 heterocycles. The molecule has 0 saturated carbocycles. The number of rotatable bonds is 8. The Balaban J connectivity index is 1.50. The van der Waals surface area contributed by atoms with Gasteiger partial charge in [0.15, 0.2) is 5.96 Å². The van der Waals surface area contributed by atoms with E-state index in [2.05, 4.69) is 45.5 Å². The summed E-state index contributed by atoms with van der Waals surface area (Å²) in [5, 5.41) is 20.9. The Morgan fingerprint density at radius 2 is 1.97 bits per heavy atom. The van der Waals surface area contributed by atoms with E-state index in [-0.39, 0.29) is 5.54 Å². The molecular formula is C23H34N8O. The molecule has 0 spiro atoms. The van der Waals surface area contributed by atoms with Gasteiger partial charge in [-0.1, -0.05) is 18.2 Å². The van der Waals surface area contributed by atoms with Crippen LogP contribution in [-0.4, -0.2) is 72.6 Å². The van der Waals surface area contributed by atoms with Crippen molar-refractivity contribution >= 4 is 11.8 Å². The highest BCUT2D eigenvalue weighted by molar-refractivity contribution is 5.79. The van der Waals surface area contributed by atoms with Gasteiger partial charge in [0.2, 0.25) is 0 Å². The number of hydrogen-bond donors (Lipinski definition) is 3. The molecule has 9 nitrogen and oxygen atoms in total. The summed E-state index contributed by atoms with van der Waals surface area (Å²) in [7, 11) is 1.77. The predicted molar refractivity (Wildman–Crippen MR) is 127 cm³/mol. The van der Waals surface area contributed by atoms with Crippen molar-refractivity contribution in [1.29, 1.82) is 5.26 Å². The second kappa shape index (κ2) is 11.0. The maximum absolute atomic E-state index is 9.56. The van der Waals surface area contributed by atoms with E-state index in [9.17, 15) is 5.26 Å². The second-order valence-corrected chi connectivity index (χ2v) is 8.43. The number of hydrogen-bond acceptors (Lipinski definition) is 6. The third-order valence-electron chi connectivity index (χ3n) is 5.77. The van der Waals surface area contributed by atoms with Crippen LogP contribution in [0.15, 0.2) is 35.3 Å². The summed E-state index contributed by atoms with van der Waals surface area (Å²) in [6, 6.07) is 11.8. The van der Waals surface area contributed by atoms with Gasteiger partial charge in [0.05, 0.1) is 24.6 Å². The molecule has 1 saturated heterocycles. The third-order valence-corrected chi connectivity index (χ3v) is 5.77. The lowest BCUT2D eigenvalue weighted by molar-refractivity contribution is -0.00833. The Morgan fingerprint density at radius 1 is 1.25 bits per heavy atom. The fraction of sp³-hybridized carbons (Fsp3) is 0.522. The van der Waals surface area contributed by atoms with Crippen LogP contribution in [0.5, 0.6) is 0 Å². The summed E-state index contributed by atoms with van der Waals surface area (Å²) >= 11 is 0. The van der Waals surface area contributed by atoms with Crippen LogP contribution < -0.4 is 16.4 Å². The van der Waals surface area contributed by atoms with Crippen molar-refractivity contribution in [1.82, 2.24) is 25.3 Å². The minimum absolute atomic E-state index is 0.00486. The van der Waals surface area contributed by atoms with Crippen LogP contribution in [0.4, 0.5) is 5.82 Å². The molecule has 1 aromatic carbocycles. The van der Waals surface area contributed by atoms with Gasteiger partial charge in [0.1, 0.15) is 17.5 Å². The zero-order valence-electron chi connectivity index (χ0n) is 19.3. The van der Waals surface area contributed by atoms with Gasteiger partial charge in [-0.25, -0.2) is 4.68 Å². The number of aryl methyl sites for hydroxylation is 1. The van der Waals surface area contributed by atoms with Crippen LogP contribution in [-0.2, 0) is 11.2 Å². The highest BCUT2D eigenvalue weighted by Gasteiger charge is 2.28. The summed E-state index contributed by atoms with van der Waals surface area (Å²) in [6.45, 7) is 9.41. The number of nitrogens with one attached hydrogen (secondary N) is 2. The Kier molecular flexibility index (Phi) is 8.09. The van der Waals surface area contributed by atoms with E-state index in [1.54, 1.807) is 11.7 Å².